The summed E-state index contributed by atoms with van der Waals surface area (Å²) in [5.74, 6) is 0.903. The molecule has 2 aliphatic rings. The zero-order chi connectivity index (χ0) is 33.5. The molecule has 1 fully saturated rings. The van der Waals surface area contributed by atoms with Gasteiger partial charge in [0.2, 0.25) is 0 Å². The van der Waals surface area contributed by atoms with Crippen molar-refractivity contribution in [3.05, 3.63) is 105 Å². The van der Waals surface area contributed by atoms with E-state index in [1.165, 1.54) is 10.9 Å². The molecule has 5 aromatic rings. The molecular weight excluding hydrogens is 665 g/mol. The van der Waals surface area contributed by atoms with E-state index in [2.05, 4.69) is 15.3 Å². The summed E-state index contributed by atoms with van der Waals surface area (Å²) in [6, 6.07) is 19.1. The fraction of sp³-hybridized carbons (Fsp3) is 0.303. The number of benzene rings is 3. The number of fused-ring (bicyclic) bond motifs is 3. The number of nitrogens with zero attached hydrogens (tertiary/aromatic N) is 4. The number of hydrogen-bond acceptors (Lipinski definition) is 10. The Hall–Kier alpha value is -4.21. The smallest absolute Gasteiger partial charge is 0.416 e. The molecule has 5 unspecified atom stereocenters. The highest BCUT2D eigenvalue weighted by atomic mass is 35.5. The molecule has 0 saturated carbocycles. The number of nitrogens with one attached hydrogen (secondary N) is 1. The first-order chi connectivity index (χ1) is 23.2. The fourth-order valence-corrected chi connectivity index (χ4v) is 6.47. The molecule has 48 heavy (non-hydrogen) atoms. The molecule has 0 bridgehead atoms. The molecule has 1 saturated heterocycles. The summed E-state index contributed by atoms with van der Waals surface area (Å²) in [5, 5.41) is 50.2. The molecule has 13 nitrogen and oxygen atoms in total. The number of carbonyl (C=O) groups excluding carboxylic acids is 1. The van der Waals surface area contributed by atoms with Crippen LogP contribution < -0.4 is 9.47 Å². The highest BCUT2D eigenvalue weighted by molar-refractivity contribution is 6.31. The number of aromatic amines is 1. The molecular formula is C33H31Cl2N5O8. The first-order valence-electron chi connectivity index (χ1n) is 15.2. The van der Waals surface area contributed by atoms with E-state index >= 15 is 0 Å². The maximum Gasteiger partial charge on any atom is 0.416 e. The molecule has 0 spiro atoms. The number of ether oxygens (including phenoxy) is 3. The normalized spacial score (nSPS) is 24.0. The zero-order valence-electron chi connectivity index (χ0n) is 25.2. The highest BCUT2D eigenvalue weighted by Gasteiger charge is 2.44. The minimum atomic E-state index is -1.54. The molecule has 250 valence electrons. The van der Waals surface area contributed by atoms with E-state index in [4.69, 9.17) is 37.4 Å². The van der Waals surface area contributed by atoms with Gasteiger partial charge in [-0.05, 0) is 72.1 Å². The van der Waals surface area contributed by atoms with Crippen molar-refractivity contribution in [3.8, 4) is 11.5 Å². The summed E-state index contributed by atoms with van der Waals surface area (Å²) < 4.78 is 18.4. The first-order valence-corrected chi connectivity index (χ1v) is 15.9. The number of rotatable bonds is 7. The van der Waals surface area contributed by atoms with Crippen molar-refractivity contribution >= 4 is 40.2 Å². The quantitative estimate of drug-likeness (QED) is 0.169. The van der Waals surface area contributed by atoms with Crippen LogP contribution in [0.1, 0.15) is 34.8 Å². The van der Waals surface area contributed by atoms with Gasteiger partial charge in [0.1, 0.15) is 54.3 Å². The lowest BCUT2D eigenvalue weighted by molar-refractivity contribution is -0.254. The number of hydrogen-bond donors (Lipinski definition) is 5. The number of H-pyrrole nitrogens is 1. The number of aromatic nitrogens is 4. The summed E-state index contributed by atoms with van der Waals surface area (Å²) >= 11 is 12.3. The summed E-state index contributed by atoms with van der Waals surface area (Å²) in [5.41, 5.74) is 4.09. The second-order valence-electron chi connectivity index (χ2n) is 11.6. The fourth-order valence-electron chi connectivity index (χ4n) is 6.17. The van der Waals surface area contributed by atoms with E-state index in [1.807, 2.05) is 30.3 Å². The van der Waals surface area contributed by atoms with Gasteiger partial charge in [-0.1, -0.05) is 40.5 Å². The number of aliphatic hydroxyl groups is 4. The molecule has 0 radical (unpaired) electrons. The van der Waals surface area contributed by atoms with Gasteiger partial charge < -0.3 is 39.6 Å². The van der Waals surface area contributed by atoms with Gasteiger partial charge in [0.05, 0.1) is 12.8 Å². The van der Waals surface area contributed by atoms with Crippen molar-refractivity contribution in [2.75, 3.05) is 13.2 Å². The second-order valence-corrected chi connectivity index (χ2v) is 12.5. The third-order valence-electron chi connectivity index (χ3n) is 8.61. The third kappa shape index (κ3) is 6.21. The van der Waals surface area contributed by atoms with Crippen molar-refractivity contribution in [3.63, 3.8) is 0 Å². The van der Waals surface area contributed by atoms with Crippen LogP contribution in [0.15, 0.2) is 72.9 Å². The lowest BCUT2D eigenvalue weighted by Gasteiger charge is -2.39. The van der Waals surface area contributed by atoms with E-state index in [-0.39, 0.29) is 6.61 Å². The van der Waals surface area contributed by atoms with E-state index in [9.17, 15) is 25.2 Å². The molecule has 7 rings (SSSR count). The van der Waals surface area contributed by atoms with E-state index in [1.54, 1.807) is 41.3 Å². The van der Waals surface area contributed by atoms with E-state index in [0.717, 1.165) is 27.7 Å². The van der Waals surface area contributed by atoms with Crippen molar-refractivity contribution < 1.29 is 39.4 Å². The molecule has 6 atom stereocenters. The van der Waals surface area contributed by atoms with Crippen LogP contribution in [0.3, 0.4) is 0 Å². The largest absolute Gasteiger partial charge is 0.487 e. The highest BCUT2D eigenvalue weighted by Crippen LogP contribution is 2.40. The lowest BCUT2D eigenvalue weighted by atomic mass is 9.92. The summed E-state index contributed by atoms with van der Waals surface area (Å²) in [6.07, 6.45) is -5.18. The van der Waals surface area contributed by atoms with Crippen molar-refractivity contribution in [1.29, 1.82) is 0 Å². The van der Waals surface area contributed by atoms with Gasteiger partial charge in [0.25, 0.3) is 0 Å². The molecule has 0 aliphatic carbocycles. The average Bonchev–Trinajstić information content (AvgIpc) is 3.72. The van der Waals surface area contributed by atoms with Crippen LogP contribution >= 0.6 is 23.2 Å². The topological polar surface area (TPSA) is 175 Å². The Kier molecular flexibility index (Phi) is 9.00. The van der Waals surface area contributed by atoms with Crippen LogP contribution in [-0.2, 0) is 17.8 Å². The van der Waals surface area contributed by atoms with Crippen LogP contribution in [0, 0.1) is 0 Å². The number of amides is 1. The SMILES string of the molecule is O=C(Oc1ccc(Cl)cc1)N1CCc2c([nH]c3ccc(Cl)cc23)[C@@H]1c1ccc(OCc2cn(C3OC(CO)C(O)C(O)C3O)nn2)cc1. The average molecular weight is 697 g/mol. The van der Waals surface area contributed by atoms with Crippen molar-refractivity contribution in [1.82, 2.24) is 24.9 Å². The van der Waals surface area contributed by atoms with Crippen LogP contribution in [0.25, 0.3) is 10.9 Å². The Bertz CT molecular complexity index is 1920. The monoisotopic (exact) mass is 695 g/mol. The number of halogens is 2. The second kappa shape index (κ2) is 13.4. The maximum atomic E-state index is 13.6. The van der Waals surface area contributed by atoms with Gasteiger partial charge in [-0.15, -0.1) is 5.10 Å². The van der Waals surface area contributed by atoms with Gasteiger partial charge in [0, 0.05) is 33.2 Å². The summed E-state index contributed by atoms with van der Waals surface area (Å²) in [4.78, 5) is 18.8. The Balaban J connectivity index is 1.10. The minimum absolute atomic E-state index is 0.0205. The Labute approximate surface area is 283 Å². The van der Waals surface area contributed by atoms with Gasteiger partial charge in [-0.2, -0.15) is 0 Å². The zero-order valence-corrected chi connectivity index (χ0v) is 26.7. The van der Waals surface area contributed by atoms with Gasteiger partial charge >= 0.3 is 6.09 Å². The van der Waals surface area contributed by atoms with E-state index < -0.39 is 49.4 Å². The predicted molar refractivity (Wildman–Crippen MR) is 173 cm³/mol. The number of aliphatic hydroxyl groups excluding tert-OH is 4. The maximum absolute atomic E-state index is 13.6. The van der Waals surface area contributed by atoms with Crippen LogP contribution in [0.5, 0.6) is 11.5 Å². The van der Waals surface area contributed by atoms with Gasteiger partial charge in [-0.3, -0.25) is 4.90 Å². The Morgan fingerprint density at radius 3 is 2.44 bits per heavy atom. The summed E-state index contributed by atoms with van der Waals surface area (Å²) in [7, 11) is 0. The standard InChI is InChI=1S/C33H31Cl2N5O8/c34-18-3-8-22(9-4-18)47-33(45)39-12-11-23-24-13-19(35)5-10-25(24)36-27(23)28(39)17-1-6-21(7-2-17)46-16-20-14-40(38-37-20)32-31(44)30(43)29(42)26(15-41)48-32/h1-10,13-14,26,28-32,36,41-44H,11-12,15-16H2/t26?,28-,29?,30?,31?,32?/m0/s1. The molecule has 1 amide bonds. The van der Waals surface area contributed by atoms with Gasteiger partial charge in [-0.25, -0.2) is 9.48 Å². The lowest BCUT2D eigenvalue weighted by Crippen LogP contribution is -2.56. The number of carbonyl (C=O) groups is 1. The molecule has 5 N–H and O–H groups in total. The van der Waals surface area contributed by atoms with E-state index in [0.29, 0.717) is 40.2 Å². The minimum Gasteiger partial charge on any atom is -0.487 e. The van der Waals surface area contributed by atoms with Crippen LogP contribution in [0.4, 0.5) is 4.79 Å². The van der Waals surface area contributed by atoms with Crippen molar-refractivity contribution in [2.24, 2.45) is 0 Å². The Morgan fingerprint density at radius 1 is 0.958 bits per heavy atom. The molecule has 15 heteroatoms. The van der Waals surface area contributed by atoms with Crippen LogP contribution in [0.2, 0.25) is 10.0 Å². The third-order valence-corrected chi connectivity index (χ3v) is 9.10. The van der Waals surface area contributed by atoms with Crippen LogP contribution in [-0.4, -0.2) is 89.0 Å². The Morgan fingerprint density at radius 2 is 1.69 bits per heavy atom. The van der Waals surface area contributed by atoms with Gasteiger partial charge in [0.15, 0.2) is 6.23 Å². The molecule has 2 aliphatic heterocycles. The molecule has 3 aromatic carbocycles. The first kappa shape index (κ1) is 32.3. The summed E-state index contributed by atoms with van der Waals surface area (Å²) in [6.45, 7) is -0.126. The molecule has 2 aromatic heterocycles. The molecule has 4 heterocycles. The van der Waals surface area contributed by atoms with Crippen molar-refractivity contribution in [2.45, 2.75) is 49.7 Å². The predicted octanol–water partition coefficient (Wildman–Crippen LogP) is 3.76.